The van der Waals surface area contributed by atoms with Crippen molar-refractivity contribution in [2.75, 3.05) is 55.8 Å². The number of benzene rings is 1. The standard InChI is InChI=1S/C18H24N4O4S2/c1-13-16(27-18(19-13)20(2)28(4,24)25)17(23)22-11-9-21(10-12-22)14-7-5-6-8-15(14)26-3/h5-8H,9-12H2,1-4H3. The van der Waals surface area contributed by atoms with Crippen LogP contribution in [-0.4, -0.2) is 70.8 Å². The number of rotatable bonds is 5. The van der Waals surface area contributed by atoms with Crippen molar-refractivity contribution >= 4 is 38.1 Å². The quantitative estimate of drug-likeness (QED) is 0.728. The van der Waals surface area contributed by atoms with Crippen LogP contribution < -0.4 is 13.9 Å². The van der Waals surface area contributed by atoms with Gasteiger partial charge in [-0.3, -0.25) is 4.79 Å². The minimum absolute atomic E-state index is 0.108. The molecule has 2 heterocycles. The highest BCUT2D eigenvalue weighted by Gasteiger charge is 2.28. The summed E-state index contributed by atoms with van der Waals surface area (Å²) in [5, 5.41) is 0.302. The number of ether oxygens (including phenoxy) is 1. The number of hydrogen-bond acceptors (Lipinski definition) is 7. The molecule has 1 saturated heterocycles. The molecule has 1 amide bonds. The molecule has 10 heteroatoms. The summed E-state index contributed by atoms with van der Waals surface area (Å²) in [7, 11) is -0.329. The maximum absolute atomic E-state index is 13.0. The lowest BCUT2D eigenvalue weighted by Gasteiger charge is -2.36. The molecule has 2 aromatic rings. The molecule has 1 fully saturated rings. The van der Waals surface area contributed by atoms with Crippen LogP contribution in [0.15, 0.2) is 24.3 Å². The Morgan fingerprint density at radius 3 is 2.46 bits per heavy atom. The van der Waals surface area contributed by atoms with Crippen LogP contribution in [-0.2, 0) is 10.0 Å². The number of amides is 1. The molecular weight excluding hydrogens is 400 g/mol. The lowest BCUT2D eigenvalue weighted by molar-refractivity contribution is 0.0750. The van der Waals surface area contributed by atoms with Gasteiger partial charge in [-0.05, 0) is 19.1 Å². The van der Waals surface area contributed by atoms with Crippen LogP contribution in [0.25, 0.3) is 0 Å². The Morgan fingerprint density at radius 2 is 1.86 bits per heavy atom. The van der Waals surface area contributed by atoms with Crippen molar-refractivity contribution in [3.8, 4) is 5.75 Å². The van der Waals surface area contributed by atoms with Crippen LogP contribution in [0.4, 0.5) is 10.8 Å². The third-order valence-electron chi connectivity index (χ3n) is 4.74. The van der Waals surface area contributed by atoms with E-state index in [9.17, 15) is 13.2 Å². The second-order valence-electron chi connectivity index (χ2n) is 6.59. The van der Waals surface area contributed by atoms with E-state index in [1.165, 1.54) is 7.05 Å². The molecule has 3 rings (SSSR count). The highest BCUT2D eigenvalue weighted by atomic mass is 32.2. The second-order valence-corrected chi connectivity index (χ2v) is 9.58. The Hall–Kier alpha value is -2.33. The van der Waals surface area contributed by atoms with Crippen LogP contribution in [0, 0.1) is 6.92 Å². The number of carbonyl (C=O) groups is 1. The van der Waals surface area contributed by atoms with Gasteiger partial charge in [0.25, 0.3) is 5.91 Å². The number of para-hydroxylation sites is 2. The molecule has 28 heavy (non-hydrogen) atoms. The summed E-state index contributed by atoms with van der Waals surface area (Å²) in [6.07, 6.45) is 1.11. The van der Waals surface area contributed by atoms with Crippen molar-refractivity contribution in [3.63, 3.8) is 0 Å². The fraction of sp³-hybridized carbons (Fsp3) is 0.444. The fourth-order valence-electron chi connectivity index (χ4n) is 3.04. The van der Waals surface area contributed by atoms with Crippen LogP contribution in [0.3, 0.4) is 0 Å². The Balaban J connectivity index is 1.71. The number of nitrogens with zero attached hydrogens (tertiary/aromatic N) is 4. The zero-order valence-electron chi connectivity index (χ0n) is 16.4. The monoisotopic (exact) mass is 424 g/mol. The minimum Gasteiger partial charge on any atom is -0.495 e. The normalized spacial score (nSPS) is 14.9. The summed E-state index contributed by atoms with van der Waals surface area (Å²) >= 11 is 1.11. The molecule has 0 saturated carbocycles. The Morgan fingerprint density at radius 1 is 1.21 bits per heavy atom. The first-order valence-corrected chi connectivity index (χ1v) is 11.5. The van der Waals surface area contributed by atoms with Crippen LogP contribution >= 0.6 is 11.3 Å². The highest BCUT2D eigenvalue weighted by molar-refractivity contribution is 7.92. The molecule has 1 aromatic heterocycles. The van der Waals surface area contributed by atoms with Gasteiger partial charge in [-0.1, -0.05) is 23.5 Å². The molecule has 0 radical (unpaired) electrons. The topological polar surface area (TPSA) is 83.0 Å². The largest absolute Gasteiger partial charge is 0.495 e. The first-order chi connectivity index (χ1) is 13.2. The zero-order chi connectivity index (χ0) is 20.5. The lowest BCUT2D eigenvalue weighted by atomic mass is 10.2. The third-order valence-corrected chi connectivity index (χ3v) is 7.24. The maximum Gasteiger partial charge on any atom is 0.266 e. The van der Waals surface area contributed by atoms with Gasteiger partial charge in [0.2, 0.25) is 10.0 Å². The van der Waals surface area contributed by atoms with Crippen LogP contribution in [0.2, 0.25) is 0 Å². The maximum atomic E-state index is 13.0. The summed E-state index contributed by atoms with van der Waals surface area (Å²) in [5.41, 5.74) is 1.57. The van der Waals surface area contributed by atoms with Crippen molar-refractivity contribution in [2.45, 2.75) is 6.92 Å². The Labute approximate surface area is 169 Å². The van der Waals surface area contributed by atoms with Gasteiger partial charge in [-0.25, -0.2) is 17.7 Å². The van der Waals surface area contributed by atoms with E-state index in [-0.39, 0.29) is 5.91 Å². The summed E-state index contributed by atoms with van der Waals surface area (Å²) in [6.45, 7) is 4.27. The average molecular weight is 425 g/mol. The fourth-order valence-corrected chi connectivity index (χ4v) is 4.79. The number of methoxy groups -OCH3 is 1. The predicted molar refractivity (Wildman–Crippen MR) is 111 cm³/mol. The number of anilines is 2. The molecular formula is C18H24N4O4S2. The van der Waals surface area contributed by atoms with Gasteiger partial charge >= 0.3 is 0 Å². The van der Waals surface area contributed by atoms with Gasteiger partial charge in [0, 0.05) is 33.2 Å². The van der Waals surface area contributed by atoms with E-state index in [0.29, 0.717) is 41.9 Å². The molecule has 1 aromatic carbocycles. The predicted octanol–water partition coefficient (Wildman–Crippen LogP) is 1.82. The number of aromatic nitrogens is 1. The van der Waals surface area contributed by atoms with Gasteiger partial charge < -0.3 is 14.5 Å². The van der Waals surface area contributed by atoms with Crippen molar-refractivity contribution in [2.24, 2.45) is 0 Å². The molecule has 0 atom stereocenters. The van der Waals surface area contributed by atoms with Crippen molar-refractivity contribution in [1.82, 2.24) is 9.88 Å². The van der Waals surface area contributed by atoms with Gasteiger partial charge in [-0.15, -0.1) is 0 Å². The number of aryl methyl sites for hydroxylation is 1. The summed E-state index contributed by atoms with van der Waals surface area (Å²) in [6, 6.07) is 7.83. The van der Waals surface area contributed by atoms with Crippen molar-refractivity contribution in [3.05, 3.63) is 34.8 Å². The number of carbonyl (C=O) groups excluding carboxylic acids is 1. The zero-order valence-corrected chi connectivity index (χ0v) is 18.0. The molecule has 0 spiro atoms. The molecule has 8 nitrogen and oxygen atoms in total. The van der Waals surface area contributed by atoms with Gasteiger partial charge in [-0.2, -0.15) is 0 Å². The van der Waals surface area contributed by atoms with Gasteiger partial charge in [0.15, 0.2) is 5.13 Å². The summed E-state index contributed by atoms with van der Waals surface area (Å²) in [4.78, 5) is 21.7. The first kappa shape index (κ1) is 20.4. The van der Waals surface area contributed by atoms with Crippen LogP contribution in [0.5, 0.6) is 5.75 Å². The van der Waals surface area contributed by atoms with E-state index in [0.717, 1.165) is 33.3 Å². The number of piperazine rings is 1. The molecule has 1 aliphatic heterocycles. The van der Waals surface area contributed by atoms with Crippen LogP contribution in [0.1, 0.15) is 15.4 Å². The molecule has 1 aliphatic rings. The Kier molecular flexibility index (Phi) is 5.80. The SMILES string of the molecule is COc1ccccc1N1CCN(C(=O)c2sc(N(C)S(C)(=O)=O)nc2C)CC1. The summed E-state index contributed by atoms with van der Waals surface area (Å²) in [5.74, 6) is 0.705. The van der Waals surface area contributed by atoms with E-state index in [1.807, 2.05) is 24.3 Å². The van der Waals surface area contributed by atoms with Gasteiger partial charge in [0.05, 0.1) is 24.7 Å². The molecule has 152 valence electrons. The average Bonchev–Trinajstić information content (AvgIpc) is 3.07. The lowest BCUT2D eigenvalue weighted by Crippen LogP contribution is -2.48. The van der Waals surface area contributed by atoms with Crippen molar-refractivity contribution < 1.29 is 17.9 Å². The molecule has 0 bridgehead atoms. The molecule has 0 aliphatic carbocycles. The second kappa shape index (κ2) is 7.96. The smallest absolute Gasteiger partial charge is 0.266 e. The summed E-state index contributed by atoms with van der Waals surface area (Å²) < 4.78 is 30.0. The van der Waals surface area contributed by atoms with Crippen molar-refractivity contribution in [1.29, 1.82) is 0 Å². The molecule has 0 N–H and O–H groups in total. The number of sulfonamides is 1. The Bertz CT molecular complexity index is 966. The van der Waals surface area contributed by atoms with Gasteiger partial charge in [0.1, 0.15) is 10.6 Å². The van der Waals surface area contributed by atoms with E-state index in [1.54, 1.807) is 18.9 Å². The molecule has 0 unspecified atom stereocenters. The number of hydrogen-bond donors (Lipinski definition) is 0. The van der Waals surface area contributed by atoms with E-state index >= 15 is 0 Å². The third kappa shape index (κ3) is 4.07. The van der Waals surface area contributed by atoms with E-state index in [4.69, 9.17) is 4.74 Å². The van der Waals surface area contributed by atoms with E-state index in [2.05, 4.69) is 9.88 Å². The first-order valence-electron chi connectivity index (χ1n) is 8.81. The number of thiazole rings is 1. The highest BCUT2D eigenvalue weighted by Crippen LogP contribution is 2.30. The minimum atomic E-state index is -3.42. The van der Waals surface area contributed by atoms with E-state index < -0.39 is 10.0 Å².